The topological polar surface area (TPSA) is 96.0 Å². The molecule has 0 spiro atoms. The fourth-order valence-corrected chi connectivity index (χ4v) is 3.45. The Morgan fingerprint density at radius 2 is 1.95 bits per heavy atom. The first-order valence-electron chi connectivity index (χ1n) is 5.61. The van der Waals surface area contributed by atoms with Gasteiger partial charge in [0.2, 0.25) is 0 Å². The Hall–Kier alpha value is -1.75. The molecule has 0 radical (unpaired) electrons. The Balaban J connectivity index is 2.38. The van der Waals surface area contributed by atoms with Crippen molar-refractivity contribution in [1.29, 1.82) is 5.26 Å². The molecule has 0 atom stereocenters. The summed E-state index contributed by atoms with van der Waals surface area (Å²) in [5.74, 6) is 0. The molecule has 2 rings (SSSR count). The van der Waals surface area contributed by atoms with Gasteiger partial charge in [-0.25, -0.2) is 8.42 Å². The minimum atomic E-state index is -3.86. The molecule has 0 aromatic heterocycles. The number of benzene rings is 2. The van der Waals surface area contributed by atoms with Crippen LogP contribution in [0.3, 0.4) is 0 Å². The van der Waals surface area contributed by atoms with Crippen LogP contribution in [0.15, 0.2) is 45.8 Å². The lowest BCUT2D eigenvalue weighted by Gasteiger charge is -2.10. The molecule has 108 valence electrons. The second-order valence-electron chi connectivity index (χ2n) is 4.10. The monoisotopic (exact) mass is 385 g/mol. The second kappa shape index (κ2) is 5.93. The van der Waals surface area contributed by atoms with Gasteiger partial charge in [0, 0.05) is 10.2 Å². The van der Waals surface area contributed by atoms with Crippen molar-refractivity contribution < 1.29 is 8.42 Å². The molecule has 2 aromatic rings. The van der Waals surface area contributed by atoms with Crippen LogP contribution in [-0.2, 0) is 10.0 Å². The summed E-state index contributed by atoms with van der Waals surface area (Å²) in [6.45, 7) is 0. The smallest absolute Gasteiger partial charge is 0.263 e. The number of rotatable bonds is 3. The van der Waals surface area contributed by atoms with E-state index in [-0.39, 0.29) is 15.5 Å². The summed E-state index contributed by atoms with van der Waals surface area (Å²) in [7, 11) is -3.86. The van der Waals surface area contributed by atoms with E-state index in [9.17, 15) is 8.42 Å². The highest BCUT2D eigenvalue weighted by atomic mass is 79.9. The minimum Gasteiger partial charge on any atom is -0.398 e. The van der Waals surface area contributed by atoms with Gasteiger partial charge in [0.1, 0.15) is 4.90 Å². The molecular formula is C13H9BrClN3O2S. The molecule has 21 heavy (non-hydrogen) atoms. The third kappa shape index (κ3) is 3.47. The van der Waals surface area contributed by atoms with Gasteiger partial charge in [-0.1, -0.05) is 11.6 Å². The molecule has 5 nitrogen and oxygen atoms in total. The number of halogens is 2. The number of anilines is 2. The Morgan fingerprint density at radius 3 is 2.52 bits per heavy atom. The normalized spacial score (nSPS) is 10.9. The van der Waals surface area contributed by atoms with Crippen LogP contribution in [0.1, 0.15) is 5.56 Å². The molecule has 0 aliphatic rings. The molecule has 0 amide bonds. The van der Waals surface area contributed by atoms with Crippen LogP contribution in [0.4, 0.5) is 11.4 Å². The standard InChI is InChI=1S/C13H9BrClN3O2S/c14-10-3-2-9(6-12(10)17)18-21(19,20)13-4-1-8(7-16)5-11(13)15/h1-6,18H,17H2. The minimum absolute atomic E-state index is 0.0216. The zero-order valence-electron chi connectivity index (χ0n) is 10.5. The van der Waals surface area contributed by atoms with Gasteiger partial charge in [-0.2, -0.15) is 5.26 Å². The van der Waals surface area contributed by atoms with E-state index in [1.165, 1.54) is 24.3 Å². The van der Waals surface area contributed by atoms with E-state index in [1.54, 1.807) is 12.1 Å². The summed E-state index contributed by atoms with van der Waals surface area (Å²) in [5.41, 5.74) is 6.71. The van der Waals surface area contributed by atoms with Crippen molar-refractivity contribution in [2.45, 2.75) is 4.90 Å². The van der Waals surface area contributed by atoms with E-state index in [0.717, 1.165) is 0 Å². The molecule has 0 fully saturated rings. The van der Waals surface area contributed by atoms with Crippen molar-refractivity contribution in [2.75, 3.05) is 10.5 Å². The van der Waals surface area contributed by atoms with Gasteiger partial charge in [-0.15, -0.1) is 0 Å². The van der Waals surface area contributed by atoms with E-state index in [1.807, 2.05) is 6.07 Å². The second-order valence-corrected chi connectivity index (χ2v) is 7.01. The number of sulfonamides is 1. The van der Waals surface area contributed by atoms with Gasteiger partial charge in [-0.05, 0) is 52.3 Å². The Bertz CT molecular complexity index is 847. The van der Waals surface area contributed by atoms with E-state index >= 15 is 0 Å². The zero-order valence-corrected chi connectivity index (χ0v) is 13.6. The fourth-order valence-electron chi connectivity index (χ4n) is 1.61. The molecule has 0 aliphatic carbocycles. The molecule has 2 aromatic carbocycles. The van der Waals surface area contributed by atoms with Gasteiger partial charge in [0.15, 0.2) is 0 Å². The Labute approximate surface area is 135 Å². The lowest BCUT2D eigenvalue weighted by Crippen LogP contribution is -2.13. The van der Waals surface area contributed by atoms with Gasteiger partial charge in [-0.3, -0.25) is 4.72 Å². The predicted octanol–water partition coefficient (Wildman–Crippen LogP) is 3.36. The number of hydrogen-bond donors (Lipinski definition) is 2. The fraction of sp³-hybridized carbons (Fsp3) is 0. The summed E-state index contributed by atoms with van der Waals surface area (Å²) in [6, 6.07) is 10.5. The summed E-state index contributed by atoms with van der Waals surface area (Å²) >= 11 is 9.14. The molecule has 0 saturated carbocycles. The number of hydrogen-bond acceptors (Lipinski definition) is 4. The Morgan fingerprint density at radius 1 is 1.24 bits per heavy atom. The van der Waals surface area contributed by atoms with Crippen molar-refractivity contribution in [1.82, 2.24) is 0 Å². The molecule has 0 aliphatic heterocycles. The van der Waals surface area contributed by atoms with Crippen LogP contribution in [0, 0.1) is 11.3 Å². The van der Waals surface area contributed by atoms with Crippen LogP contribution in [0.2, 0.25) is 5.02 Å². The van der Waals surface area contributed by atoms with E-state index < -0.39 is 10.0 Å². The zero-order chi connectivity index (χ0) is 15.6. The summed E-state index contributed by atoms with van der Waals surface area (Å²) in [4.78, 5) is -0.107. The van der Waals surface area contributed by atoms with Crippen molar-refractivity contribution in [3.63, 3.8) is 0 Å². The SMILES string of the molecule is N#Cc1ccc(S(=O)(=O)Nc2ccc(Br)c(N)c2)c(Cl)c1. The van der Waals surface area contributed by atoms with Crippen molar-refractivity contribution in [3.8, 4) is 6.07 Å². The average Bonchev–Trinajstić information content (AvgIpc) is 2.42. The average molecular weight is 387 g/mol. The lowest BCUT2D eigenvalue weighted by molar-refractivity contribution is 0.601. The largest absolute Gasteiger partial charge is 0.398 e. The number of nitrogens with zero attached hydrogens (tertiary/aromatic N) is 1. The molecule has 0 saturated heterocycles. The molecule has 0 unspecified atom stereocenters. The van der Waals surface area contributed by atoms with Crippen LogP contribution in [0.25, 0.3) is 0 Å². The molecule has 0 bridgehead atoms. The summed E-state index contributed by atoms with van der Waals surface area (Å²) < 4.78 is 27.6. The highest BCUT2D eigenvalue weighted by molar-refractivity contribution is 9.10. The van der Waals surface area contributed by atoms with Crippen molar-refractivity contribution in [3.05, 3.63) is 51.5 Å². The molecule has 0 heterocycles. The lowest BCUT2D eigenvalue weighted by atomic mass is 10.2. The van der Waals surface area contributed by atoms with Gasteiger partial charge >= 0.3 is 0 Å². The summed E-state index contributed by atoms with van der Waals surface area (Å²) in [5, 5.41) is 8.73. The number of nitrogens with one attached hydrogen (secondary N) is 1. The van der Waals surface area contributed by atoms with Crippen LogP contribution >= 0.6 is 27.5 Å². The Kier molecular flexibility index (Phi) is 4.42. The quantitative estimate of drug-likeness (QED) is 0.791. The summed E-state index contributed by atoms with van der Waals surface area (Å²) in [6.07, 6.45) is 0. The van der Waals surface area contributed by atoms with E-state index in [2.05, 4.69) is 20.7 Å². The maximum Gasteiger partial charge on any atom is 0.263 e. The third-order valence-corrected chi connectivity index (χ3v) is 5.19. The maximum atomic E-state index is 12.3. The van der Waals surface area contributed by atoms with Gasteiger partial charge < -0.3 is 5.73 Å². The van der Waals surface area contributed by atoms with Crippen LogP contribution < -0.4 is 10.5 Å². The predicted molar refractivity (Wildman–Crippen MR) is 85.5 cm³/mol. The molecular weight excluding hydrogens is 378 g/mol. The van der Waals surface area contributed by atoms with Crippen LogP contribution in [0.5, 0.6) is 0 Å². The van der Waals surface area contributed by atoms with Crippen molar-refractivity contribution >= 4 is 48.9 Å². The first kappa shape index (κ1) is 15.6. The first-order valence-corrected chi connectivity index (χ1v) is 8.26. The highest BCUT2D eigenvalue weighted by Gasteiger charge is 2.18. The van der Waals surface area contributed by atoms with Crippen molar-refractivity contribution in [2.24, 2.45) is 0 Å². The van der Waals surface area contributed by atoms with E-state index in [4.69, 9.17) is 22.6 Å². The number of nitrogen functional groups attached to an aromatic ring is 1. The number of nitriles is 1. The molecule has 3 N–H and O–H groups in total. The van der Waals surface area contributed by atoms with Gasteiger partial charge in [0.05, 0.1) is 22.3 Å². The molecule has 8 heteroatoms. The third-order valence-electron chi connectivity index (χ3n) is 2.60. The number of nitrogens with two attached hydrogens (primary N) is 1. The van der Waals surface area contributed by atoms with Gasteiger partial charge in [0.25, 0.3) is 10.0 Å². The maximum absolute atomic E-state index is 12.3. The van der Waals surface area contributed by atoms with E-state index in [0.29, 0.717) is 15.8 Å². The van der Waals surface area contributed by atoms with Crippen LogP contribution in [-0.4, -0.2) is 8.42 Å². The first-order chi connectivity index (χ1) is 9.83. The highest BCUT2D eigenvalue weighted by Crippen LogP contribution is 2.27.